The maximum absolute atomic E-state index is 11.7. The molecule has 0 radical (unpaired) electrons. The summed E-state index contributed by atoms with van der Waals surface area (Å²) in [5.41, 5.74) is 0.438. The van der Waals surface area contributed by atoms with Crippen molar-refractivity contribution >= 4 is 17.3 Å². The molecule has 0 saturated carbocycles. The number of aryl methyl sites for hydroxylation is 1. The Bertz CT molecular complexity index is 483. The van der Waals surface area contributed by atoms with Crippen LogP contribution in [-0.4, -0.2) is 61.0 Å². The van der Waals surface area contributed by atoms with Gasteiger partial charge in [-0.1, -0.05) is 11.6 Å². The molecule has 1 aromatic rings. The molecule has 0 unspecified atom stereocenters. The Morgan fingerprint density at radius 1 is 1.47 bits per heavy atom. The standard InChI is InChI=1S/C12H20ClN5O/c1-16(7-8-18-5-3-14-4-6-18)10-9-15-17(2)12(19)11(10)13/h9,14H,3-8H2,1-2H3. The summed E-state index contributed by atoms with van der Waals surface area (Å²) in [7, 11) is 3.53. The lowest BCUT2D eigenvalue weighted by atomic mass is 10.3. The Hall–Kier alpha value is -1.11. The maximum atomic E-state index is 11.7. The van der Waals surface area contributed by atoms with E-state index in [1.165, 1.54) is 4.68 Å². The molecule has 106 valence electrons. The van der Waals surface area contributed by atoms with Crippen molar-refractivity contribution in [3.05, 3.63) is 21.6 Å². The Balaban J connectivity index is 1.97. The summed E-state index contributed by atoms with van der Waals surface area (Å²) < 4.78 is 1.25. The molecule has 0 aromatic carbocycles. The van der Waals surface area contributed by atoms with Crippen molar-refractivity contribution < 1.29 is 0 Å². The van der Waals surface area contributed by atoms with E-state index in [1.54, 1.807) is 13.2 Å². The van der Waals surface area contributed by atoms with Crippen molar-refractivity contribution in [3.8, 4) is 0 Å². The van der Waals surface area contributed by atoms with Gasteiger partial charge in [-0.05, 0) is 0 Å². The molecule has 1 fully saturated rings. The van der Waals surface area contributed by atoms with Crippen LogP contribution >= 0.6 is 11.6 Å². The van der Waals surface area contributed by atoms with E-state index in [1.807, 2.05) is 11.9 Å². The second-order valence-corrected chi connectivity index (χ2v) is 5.16. The van der Waals surface area contributed by atoms with E-state index in [4.69, 9.17) is 11.6 Å². The minimum Gasteiger partial charge on any atom is -0.371 e. The minimum atomic E-state index is -0.256. The molecule has 6 nitrogen and oxygen atoms in total. The van der Waals surface area contributed by atoms with E-state index in [2.05, 4.69) is 15.3 Å². The van der Waals surface area contributed by atoms with Crippen molar-refractivity contribution in [1.82, 2.24) is 20.0 Å². The lowest BCUT2D eigenvalue weighted by Gasteiger charge is -2.29. The number of aromatic nitrogens is 2. The van der Waals surface area contributed by atoms with Crippen molar-refractivity contribution in [2.24, 2.45) is 7.05 Å². The van der Waals surface area contributed by atoms with Gasteiger partial charge in [0, 0.05) is 53.4 Å². The fourth-order valence-electron chi connectivity index (χ4n) is 2.11. The third-order valence-electron chi connectivity index (χ3n) is 3.43. The van der Waals surface area contributed by atoms with Gasteiger partial charge >= 0.3 is 0 Å². The number of anilines is 1. The van der Waals surface area contributed by atoms with E-state index in [9.17, 15) is 4.79 Å². The highest BCUT2D eigenvalue weighted by molar-refractivity contribution is 6.33. The molecule has 0 spiro atoms. The molecule has 1 aromatic heterocycles. The second kappa shape index (κ2) is 6.36. The van der Waals surface area contributed by atoms with Crippen LogP contribution in [0.3, 0.4) is 0 Å². The van der Waals surface area contributed by atoms with Crippen LogP contribution in [-0.2, 0) is 7.05 Å². The number of halogens is 1. The van der Waals surface area contributed by atoms with Crippen LogP contribution in [0.2, 0.25) is 5.02 Å². The van der Waals surface area contributed by atoms with Gasteiger partial charge in [0.15, 0.2) is 0 Å². The Kier molecular flexibility index (Phi) is 4.79. The van der Waals surface area contributed by atoms with E-state index < -0.39 is 0 Å². The number of nitrogens with zero attached hydrogens (tertiary/aromatic N) is 4. The smallest absolute Gasteiger partial charge is 0.287 e. The van der Waals surface area contributed by atoms with E-state index >= 15 is 0 Å². The zero-order chi connectivity index (χ0) is 13.8. The normalized spacial score (nSPS) is 16.6. The minimum absolute atomic E-state index is 0.236. The van der Waals surface area contributed by atoms with Crippen molar-refractivity contribution in [3.63, 3.8) is 0 Å². The average Bonchev–Trinajstić information content (AvgIpc) is 2.43. The highest BCUT2D eigenvalue weighted by Crippen LogP contribution is 2.18. The summed E-state index contributed by atoms with van der Waals surface area (Å²) >= 11 is 6.08. The summed E-state index contributed by atoms with van der Waals surface area (Å²) in [5.74, 6) is 0. The maximum Gasteiger partial charge on any atom is 0.287 e. The van der Waals surface area contributed by atoms with Crippen molar-refractivity contribution in [2.75, 3.05) is 51.2 Å². The first-order chi connectivity index (χ1) is 9.09. The Morgan fingerprint density at radius 2 is 2.16 bits per heavy atom. The number of piperazine rings is 1. The van der Waals surface area contributed by atoms with Gasteiger partial charge in [0.05, 0.1) is 11.9 Å². The third kappa shape index (κ3) is 3.46. The first-order valence-electron chi connectivity index (χ1n) is 6.45. The van der Waals surface area contributed by atoms with Gasteiger partial charge < -0.3 is 10.2 Å². The van der Waals surface area contributed by atoms with Crippen molar-refractivity contribution in [2.45, 2.75) is 0 Å². The molecule has 0 atom stereocenters. The van der Waals surface area contributed by atoms with Crippen LogP contribution in [0.15, 0.2) is 11.0 Å². The van der Waals surface area contributed by atoms with Crippen LogP contribution in [0.25, 0.3) is 0 Å². The quantitative estimate of drug-likeness (QED) is 0.829. The topological polar surface area (TPSA) is 53.4 Å². The molecule has 0 bridgehead atoms. The number of likely N-dealkylation sites (N-methyl/N-ethyl adjacent to an activating group) is 1. The number of nitrogens with one attached hydrogen (secondary N) is 1. The predicted molar refractivity (Wildman–Crippen MR) is 77.1 cm³/mol. The molecule has 2 heterocycles. The zero-order valence-electron chi connectivity index (χ0n) is 11.4. The fourth-order valence-corrected chi connectivity index (χ4v) is 2.43. The number of rotatable bonds is 4. The van der Waals surface area contributed by atoms with Crippen LogP contribution in [0.5, 0.6) is 0 Å². The van der Waals surface area contributed by atoms with Crippen LogP contribution < -0.4 is 15.8 Å². The van der Waals surface area contributed by atoms with Gasteiger partial charge in [0.25, 0.3) is 5.56 Å². The van der Waals surface area contributed by atoms with Crippen LogP contribution in [0, 0.1) is 0 Å². The predicted octanol–water partition coefficient (Wildman–Crippen LogP) is -0.225. The number of hydrogen-bond acceptors (Lipinski definition) is 5. The van der Waals surface area contributed by atoms with Gasteiger partial charge in [-0.15, -0.1) is 0 Å². The summed E-state index contributed by atoms with van der Waals surface area (Å²) in [6.07, 6.45) is 1.64. The summed E-state index contributed by atoms with van der Waals surface area (Å²) in [6.45, 7) is 6.00. The summed E-state index contributed by atoms with van der Waals surface area (Å²) in [5, 5.41) is 7.57. The molecular weight excluding hydrogens is 266 g/mol. The first-order valence-corrected chi connectivity index (χ1v) is 6.83. The second-order valence-electron chi connectivity index (χ2n) is 4.79. The van der Waals surface area contributed by atoms with Gasteiger partial charge in [-0.25, -0.2) is 4.68 Å². The van der Waals surface area contributed by atoms with Gasteiger partial charge in [0.2, 0.25) is 0 Å². The zero-order valence-corrected chi connectivity index (χ0v) is 12.2. The van der Waals surface area contributed by atoms with E-state index in [0.29, 0.717) is 5.69 Å². The van der Waals surface area contributed by atoms with Gasteiger partial charge in [-0.3, -0.25) is 9.69 Å². The van der Waals surface area contributed by atoms with Crippen LogP contribution in [0.4, 0.5) is 5.69 Å². The summed E-state index contributed by atoms with van der Waals surface area (Å²) in [6, 6.07) is 0. The molecule has 19 heavy (non-hydrogen) atoms. The monoisotopic (exact) mass is 285 g/mol. The number of hydrogen-bond donors (Lipinski definition) is 1. The molecule has 1 saturated heterocycles. The van der Waals surface area contributed by atoms with Gasteiger partial charge in [-0.2, -0.15) is 5.10 Å². The van der Waals surface area contributed by atoms with Crippen LogP contribution in [0.1, 0.15) is 0 Å². The Labute approximate surface area is 117 Å². The molecular formula is C12H20ClN5O. The van der Waals surface area contributed by atoms with Gasteiger partial charge in [0.1, 0.15) is 5.02 Å². The molecule has 1 N–H and O–H groups in total. The molecule has 2 rings (SSSR count). The summed E-state index contributed by atoms with van der Waals surface area (Å²) in [4.78, 5) is 16.1. The fraction of sp³-hybridized carbons (Fsp3) is 0.667. The molecule has 0 aliphatic carbocycles. The largest absolute Gasteiger partial charge is 0.371 e. The molecule has 7 heteroatoms. The molecule has 0 amide bonds. The first kappa shape index (κ1) is 14.3. The SMILES string of the molecule is CN(CCN1CCNCC1)c1cnn(C)c(=O)c1Cl. The highest BCUT2D eigenvalue weighted by Gasteiger charge is 2.14. The van der Waals surface area contributed by atoms with E-state index in [-0.39, 0.29) is 10.6 Å². The molecule has 1 aliphatic heterocycles. The third-order valence-corrected chi connectivity index (χ3v) is 3.79. The van der Waals surface area contributed by atoms with E-state index in [0.717, 1.165) is 39.3 Å². The Morgan fingerprint density at radius 3 is 2.84 bits per heavy atom. The average molecular weight is 286 g/mol. The lowest BCUT2D eigenvalue weighted by molar-refractivity contribution is 0.246. The molecule has 1 aliphatic rings. The lowest BCUT2D eigenvalue weighted by Crippen LogP contribution is -2.46. The van der Waals surface area contributed by atoms with Crippen molar-refractivity contribution in [1.29, 1.82) is 0 Å². The highest BCUT2D eigenvalue weighted by atomic mass is 35.5.